The number of likely N-dealkylation sites (tertiary alicyclic amines) is 1. The molecule has 0 aromatic carbocycles. The molecule has 78 valence electrons. The van der Waals surface area contributed by atoms with E-state index in [-0.39, 0.29) is 0 Å². The molecule has 1 heterocycles. The SMILES string of the molecule is CCC(CBr)CN1CCC(C)CC1. The summed E-state index contributed by atoms with van der Waals surface area (Å²) in [5.41, 5.74) is 0. The van der Waals surface area contributed by atoms with E-state index in [0.29, 0.717) is 0 Å². The van der Waals surface area contributed by atoms with Crippen LogP contribution in [0.1, 0.15) is 33.1 Å². The van der Waals surface area contributed by atoms with Crippen molar-refractivity contribution < 1.29 is 0 Å². The van der Waals surface area contributed by atoms with Crippen LogP contribution in [0.3, 0.4) is 0 Å². The molecule has 0 N–H and O–H groups in total. The van der Waals surface area contributed by atoms with Gasteiger partial charge in [-0.05, 0) is 37.8 Å². The highest BCUT2D eigenvalue weighted by molar-refractivity contribution is 9.09. The number of piperidine rings is 1. The average Bonchev–Trinajstić information content (AvgIpc) is 2.17. The smallest absolute Gasteiger partial charge is 0.00717 e. The van der Waals surface area contributed by atoms with Gasteiger partial charge in [0.15, 0.2) is 0 Å². The predicted octanol–water partition coefficient (Wildman–Crippen LogP) is 3.14. The molecule has 0 radical (unpaired) electrons. The number of alkyl halides is 1. The molecular weight excluding hydrogens is 226 g/mol. The van der Waals surface area contributed by atoms with Crippen molar-refractivity contribution in [3.8, 4) is 0 Å². The number of nitrogens with zero attached hydrogens (tertiary/aromatic N) is 1. The van der Waals surface area contributed by atoms with Crippen LogP contribution >= 0.6 is 15.9 Å². The van der Waals surface area contributed by atoms with Crippen LogP contribution in [0.4, 0.5) is 0 Å². The average molecular weight is 248 g/mol. The minimum Gasteiger partial charge on any atom is -0.303 e. The Morgan fingerprint density at radius 1 is 1.38 bits per heavy atom. The number of hydrogen-bond donors (Lipinski definition) is 0. The molecule has 1 fully saturated rings. The lowest BCUT2D eigenvalue weighted by molar-refractivity contribution is 0.171. The first kappa shape index (κ1) is 11.5. The summed E-state index contributed by atoms with van der Waals surface area (Å²) in [6, 6.07) is 0. The molecule has 0 amide bonds. The molecule has 1 rings (SSSR count). The van der Waals surface area contributed by atoms with Crippen LogP contribution < -0.4 is 0 Å². The van der Waals surface area contributed by atoms with Crippen LogP contribution in [0, 0.1) is 11.8 Å². The zero-order valence-electron chi connectivity index (χ0n) is 8.93. The van der Waals surface area contributed by atoms with Gasteiger partial charge in [-0.3, -0.25) is 0 Å². The van der Waals surface area contributed by atoms with Crippen molar-refractivity contribution in [2.75, 3.05) is 25.0 Å². The van der Waals surface area contributed by atoms with E-state index < -0.39 is 0 Å². The maximum Gasteiger partial charge on any atom is 0.00717 e. The Kier molecular flexibility index (Phi) is 5.34. The van der Waals surface area contributed by atoms with Crippen molar-refractivity contribution in [3.63, 3.8) is 0 Å². The van der Waals surface area contributed by atoms with E-state index in [1.54, 1.807) is 0 Å². The molecule has 1 aliphatic rings. The molecule has 1 aliphatic heterocycles. The maximum atomic E-state index is 3.59. The standard InChI is InChI=1S/C11H22BrN/c1-3-11(8-12)9-13-6-4-10(2)5-7-13/h10-11H,3-9H2,1-2H3. The summed E-state index contributed by atoms with van der Waals surface area (Å²) < 4.78 is 0. The second-order valence-electron chi connectivity index (χ2n) is 4.41. The van der Waals surface area contributed by atoms with E-state index in [1.165, 1.54) is 38.9 Å². The largest absolute Gasteiger partial charge is 0.303 e. The first-order valence-corrected chi connectivity index (χ1v) is 6.66. The third-order valence-electron chi connectivity index (χ3n) is 3.19. The lowest BCUT2D eigenvalue weighted by Crippen LogP contribution is -2.36. The predicted molar refractivity (Wildman–Crippen MR) is 62.4 cm³/mol. The molecule has 0 aliphatic carbocycles. The molecule has 0 aromatic heterocycles. The lowest BCUT2D eigenvalue weighted by Gasteiger charge is -2.32. The van der Waals surface area contributed by atoms with Crippen LogP contribution in [-0.4, -0.2) is 29.9 Å². The van der Waals surface area contributed by atoms with Crippen LogP contribution in [0.25, 0.3) is 0 Å². The fourth-order valence-corrected chi connectivity index (χ4v) is 2.56. The lowest BCUT2D eigenvalue weighted by atomic mass is 9.98. The number of halogens is 1. The monoisotopic (exact) mass is 247 g/mol. The van der Waals surface area contributed by atoms with Gasteiger partial charge >= 0.3 is 0 Å². The van der Waals surface area contributed by atoms with E-state index >= 15 is 0 Å². The van der Waals surface area contributed by atoms with Gasteiger partial charge in [0, 0.05) is 11.9 Å². The van der Waals surface area contributed by atoms with Crippen molar-refractivity contribution in [1.82, 2.24) is 4.90 Å². The Morgan fingerprint density at radius 3 is 2.46 bits per heavy atom. The van der Waals surface area contributed by atoms with Crippen LogP contribution in [0.2, 0.25) is 0 Å². The van der Waals surface area contributed by atoms with Crippen molar-refractivity contribution >= 4 is 15.9 Å². The van der Waals surface area contributed by atoms with E-state index in [0.717, 1.165) is 17.2 Å². The molecule has 13 heavy (non-hydrogen) atoms. The molecule has 1 atom stereocenters. The van der Waals surface area contributed by atoms with Gasteiger partial charge in [-0.15, -0.1) is 0 Å². The van der Waals surface area contributed by atoms with Gasteiger partial charge in [0.25, 0.3) is 0 Å². The molecule has 2 heteroatoms. The fourth-order valence-electron chi connectivity index (χ4n) is 1.90. The van der Waals surface area contributed by atoms with Crippen molar-refractivity contribution in [3.05, 3.63) is 0 Å². The van der Waals surface area contributed by atoms with Crippen molar-refractivity contribution in [1.29, 1.82) is 0 Å². The Hall–Kier alpha value is 0.440. The zero-order valence-corrected chi connectivity index (χ0v) is 10.5. The minimum atomic E-state index is 0.855. The second kappa shape index (κ2) is 6.02. The van der Waals surface area contributed by atoms with Gasteiger partial charge in [0.1, 0.15) is 0 Å². The maximum absolute atomic E-state index is 3.59. The normalized spacial score (nSPS) is 23.3. The van der Waals surface area contributed by atoms with Gasteiger partial charge in [0.05, 0.1) is 0 Å². The zero-order chi connectivity index (χ0) is 9.68. The molecular formula is C11H22BrN. The molecule has 0 aromatic rings. The molecule has 0 spiro atoms. The molecule has 1 nitrogen and oxygen atoms in total. The van der Waals surface area contributed by atoms with Gasteiger partial charge in [-0.1, -0.05) is 36.2 Å². The topological polar surface area (TPSA) is 3.24 Å². The van der Waals surface area contributed by atoms with Crippen LogP contribution in [0.5, 0.6) is 0 Å². The molecule has 1 unspecified atom stereocenters. The summed E-state index contributed by atoms with van der Waals surface area (Å²) in [5, 5.41) is 1.16. The molecule has 0 saturated carbocycles. The minimum absolute atomic E-state index is 0.855. The first-order valence-electron chi connectivity index (χ1n) is 5.54. The summed E-state index contributed by atoms with van der Waals surface area (Å²) in [6.45, 7) is 8.61. The van der Waals surface area contributed by atoms with E-state index in [2.05, 4.69) is 34.7 Å². The summed E-state index contributed by atoms with van der Waals surface area (Å²) in [7, 11) is 0. The van der Waals surface area contributed by atoms with Gasteiger partial charge in [-0.25, -0.2) is 0 Å². The quantitative estimate of drug-likeness (QED) is 0.691. The Labute approximate surface area is 91.0 Å². The summed E-state index contributed by atoms with van der Waals surface area (Å²) in [4.78, 5) is 2.63. The first-order chi connectivity index (χ1) is 6.26. The number of hydrogen-bond acceptors (Lipinski definition) is 1. The highest BCUT2D eigenvalue weighted by Crippen LogP contribution is 2.18. The second-order valence-corrected chi connectivity index (χ2v) is 5.06. The summed E-state index contributed by atoms with van der Waals surface area (Å²) in [6.07, 6.45) is 4.11. The Balaban J connectivity index is 2.21. The highest BCUT2D eigenvalue weighted by atomic mass is 79.9. The van der Waals surface area contributed by atoms with Gasteiger partial charge in [0.2, 0.25) is 0 Å². The Bertz CT molecular complexity index is 126. The van der Waals surface area contributed by atoms with Crippen LogP contribution in [0.15, 0.2) is 0 Å². The van der Waals surface area contributed by atoms with Gasteiger partial charge < -0.3 is 4.90 Å². The fraction of sp³-hybridized carbons (Fsp3) is 1.00. The highest BCUT2D eigenvalue weighted by Gasteiger charge is 2.17. The molecule has 0 bridgehead atoms. The van der Waals surface area contributed by atoms with E-state index in [4.69, 9.17) is 0 Å². The van der Waals surface area contributed by atoms with Crippen molar-refractivity contribution in [2.24, 2.45) is 11.8 Å². The molecule has 1 saturated heterocycles. The van der Waals surface area contributed by atoms with Crippen LogP contribution in [-0.2, 0) is 0 Å². The van der Waals surface area contributed by atoms with Crippen molar-refractivity contribution in [2.45, 2.75) is 33.1 Å². The summed E-state index contributed by atoms with van der Waals surface area (Å²) >= 11 is 3.59. The number of rotatable bonds is 4. The third-order valence-corrected chi connectivity index (χ3v) is 4.10. The van der Waals surface area contributed by atoms with E-state index in [1.807, 2.05) is 0 Å². The Morgan fingerprint density at radius 2 is 2.00 bits per heavy atom. The van der Waals surface area contributed by atoms with Gasteiger partial charge in [-0.2, -0.15) is 0 Å². The summed E-state index contributed by atoms with van der Waals surface area (Å²) in [5.74, 6) is 1.81. The van der Waals surface area contributed by atoms with E-state index in [9.17, 15) is 0 Å². The third kappa shape index (κ3) is 3.99.